The van der Waals surface area contributed by atoms with E-state index in [4.69, 9.17) is 18.9 Å². The number of hydrogen-bond acceptors (Lipinski definition) is 5. The molecule has 0 atom stereocenters. The van der Waals surface area contributed by atoms with Crippen LogP contribution in [0, 0.1) is 17.9 Å². The molecule has 11 heteroatoms. The first-order chi connectivity index (χ1) is 36.5. The van der Waals surface area contributed by atoms with Crippen molar-refractivity contribution in [2.24, 2.45) is 0 Å². The molecule has 0 saturated heterocycles. The first-order valence-electron chi connectivity index (χ1n) is 26.4. The van der Waals surface area contributed by atoms with Gasteiger partial charge in [-0.25, -0.2) is 0 Å². The summed E-state index contributed by atoms with van der Waals surface area (Å²) in [6, 6.07) is 60.6. The van der Waals surface area contributed by atoms with Crippen molar-refractivity contribution in [3.63, 3.8) is 0 Å². The fourth-order valence-corrected chi connectivity index (χ4v) is 14.5. The maximum atomic E-state index is 12.8. The van der Waals surface area contributed by atoms with Crippen LogP contribution in [0.4, 0.5) is 4.39 Å². The number of rotatable bonds is 8. The van der Waals surface area contributed by atoms with E-state index in [-0.39, 0.29) is 44.5 Å². The van der Waals surface area contributed by atoms with E-state index in [1.54, 1.807) is 6.07 Å². The predicted molar refractivity (Wildman–Crippen MR) is 318 cm³/mol. The molecule has 0 amide bonds. The molecule has 0 aliphatic carbocycles. The van der Waals surface area contributed by atoms with Crippen LogP contribution in [-0.2, 0) is 20.1 Å². The number of benzene rings is 8. The first-order valence-corrected chi connectivity index (χ1v) is 37.2. The molecule has 5 heterocycles. The first kappa shape index (κ1) is 52.2. The maximum Gasteiger partial charge on any atom is 0 e. The van der Waals surface area contributed by atoms with Crippen LogP contribution in [0.15, 0.2) is 168 Å². The predicted octanol–water partition coefficient (Wildman–Crippen LogP) is 14.8. The molecule has 6 nitrogen and oxygen atoms in total. The van der Waals surface area contributed by atoms with Crippen LogP contribution < -0.4 is 35.4 Å². The molecule has 1 radical (unpaired) electrons. The Kier molecular flexibility index (Phi) is 13.7. The molecule has 0 bridgehead atoms. The molecule has 0 saturated carbocycles. The number of aromatic nitrogens is 3. The number of nitrogens with zero attached hydrogens (tertiary/aromatic N) is 3. The van der Waals surface area contributed by atoms with Gasteiger partial charge in [0.05, 0.1) is 30.5 Å². The molecule has 11 aromatic rings. The third kappa shape index (κ3) is 9.51. The van der Waals surface area contributed by atoms with Gasteiger partial charge in [0.15, 0.2) is 0 Å². The van der Waals surface area contributed by atoms with E-state index in [9.17, 15) is 4.39 Å². The van der Waals surface area contributed by atoms with Gasteiger partial charge in [0.2, 0.25) is 0 Å². The van der Waals surface area contributed by atoms with Gasteiger partial charge in [-0.05, 0) is 99.6 Å². The minimum Gasteiger partial charge on any atom is 0 e. The van der Waals surface area contributed by atoms with Crippen molar-refractivity contribution in [1.29, 1.82) is 0 Å². The van der Waals surface area contributed by atoms with Crippen molar-refractivity contribution in [2.75, 3.05) is 0 Å². The van der Waals surface area contributed by atoms with E-state index >= 15 is 0 Å². The Morgan fingerprint density at radius 2 is 1.35 bits per heavy atom. The number of halogens is 1. The van der Waals surface area contributed by atoms with Crippen molar-refractivity contribution in [1.82, 2.24) is 14.5 Å². The smallest absolute Gasteiger partial charge is 0 e. The summed E-state index contributed by atoms with van der Waals surface area (Å²) in [5, 5.41) is 3.46. The Labute approximate surface area is 468 Å². The zero-order valence-electron chi connectivity index (χ0n) is 45.1. The molecule has 2 aliphatic rings. The van der Waals surface area contributed by atoms with Crippen LogP contribution in [0.25, 0.3) is 72.4 Å². The average Bonchev–Trinajstić information content (AvgIpc) is 4.12. The van der Waals surface area contributed by atoms with Gasteiger partial charge < -0.3 is 18.5 Å². The minimum atomic E-state index is -1.83. The SMILES string of the molecule is CC(C)c1cc(-c2ccc([Si](C)(C)C)cc2)cc(C(C)C)c1-n1c(-c2[c-]ccc3c2oc2cc4c(cc23)Oc2cccc3c2B4c2ccccc2O3)nc2ccccc21.[CH3][Ge]([CH3])([CH3])[c]1ccnc(-c2[c-]cc(F)cc2)c1.[Ir]. The number of ether oxygens (including phenoxy) is 2. The molecular weight excluding hydrogens is 1210 g/mol. The molecule has 2 aliphatic heterocycles. The number of hydrogen-bond donors (Lipinski definition) is 0. The molecule has 0 unspecified atom stereocenters. The largest absolute Gasteiger partial charge is 0 e. The van der Waals surface area contributed by atoms with Crippen LogP contribution in [0.5, 0.6) is 23.0 Å². The zero-order valence-corrected chi connectivity index (χ0v) is 50.6. The van der Waals surface area contributed by atoms with E-state index in [0.717, 1.165) is 95.0 Å². The van der Waals surface area contributed by atoms with Gasteiger partial charge in [-0.1, -0.05) is 124 Å². The molecule has 13 rings (SSSR count). The third-order valence-electron chi connectivity index (χ3n) is 15.0. The second-order valence-electron chi connectivity index (χ2n) is 22.9. The van der Waals surface area contributed by atoms with Crippen molar-refractivity contribution in [3.8, 4) is 62.5 Å². The summed E-state index contributed by atoms with van der Waals surface area (Å²) in [4.78, 5) is 9.73. The van der Waals surface area contributed by atoms with Gasteiger partial charge in [0, 0.05) is 36.6 Å². The van der Waals surface area contributed by atoms with Crippen LogP contribution >= 0.6 is 0 Å². The average molecular weight is 1260 g/mol. The molecule has 0 fully saturated rings. The molecule has 8 aromatic carbocycles. The fraction of sp³-hybridized carbons (Fsp3) is 0.182. The third-order valence-corrected chi connectivity index (χ3v) is 21.4. The standard InChI is InChI=1S/C52H44BN2O3Si.C14H15FGeN.Ir/c1-30(2)37-26-33(32-22-24-34(25-23-32)59(5,6)7)27-38(31(3)4)50(37)55-43-18-10-9-17-42(43)54-52(55)36-15-12-14-35-39-28-48-41(29-47(39)58-51(35)36)53-40-16-8-11-19-44(40)56-45-20-13-21-46(57-48)49(45)53;1-16(2,3)13-8-9-17-14(10-13)11-4-6-12(15)7-5-11;/h8-14,16-31H,1-7H3;4,6-10H,1-3H3;/q2*-1;. The number of pyridine rings is 1. The second-order valence-corrected chi connectivity index (χ2v) is 38.7. The normalized spacial score (nSPS) is 12.7. The summed E-state index contributed by atoms with van der Waals surface area (Å²) in [5.74, 6) is 11.4. The van der Waals surface area contributed by atoms with E-state index in [0.29, 0.717) is 0 Å². The van der Waals surface area contributed by atoms with Crippen LogP contribution in [-0.4, -0.2) is 42.6 Å². The Bertz CT molecular complexity index is 4040. The summed E-state index contributed by atoms with van der Waals surface area (Å²) in [5.41, 5.74) is 15.5. The fourth-order valence-electron chi connectivity index (χ4n) is 11.0. The van der Waals surface area contributed by atoms with Crippen LogP contribution in [0.3, 0.4) is 0 Å². The number of para-hydroxylation sites is 3. The van der Waals surface area contributed by atoms with Crippen molar-refractivity contribution in [2.45, 2.75) is 76.4 Å². The summed E-state index contributed by atoms with van der Waals surface area (Å²) >= 11 is -1.83. The van der Waals surface area contributed by atoms with Crippen molar-refractivity contribution in [3.05, 3.63) is 193 Å². The summed E-state index contributed by atoms with van der Waals surface area (Å²) in [6.45, 7) is 16.4. The van der Waals surface area contributed by atoms with Crippen LogP contribution in [0.1, 0.15) is 50.7 Å². The van der Waals surface area contributed by atoms with Crippen molar-refractivity contribution >= 4 is 87.0 Å². The van der Waals surface area contributed by atoms with E-state index in [2.05, 4.69) is 189 Å². The Balaban J connectivity index is 0.000000300. The number of fused-ring (bicyclic) bond motifs is 8. The quantitative estimate of drug-likeness (QED) is 0.112. The van der Waals surface area contributed by atoms with Gasteiger partial charge in [0.1, 0.15) is 28.6 Å². The molecule has 77 heavy (non-hydrogen) atoms. The maximum absolute atomic E-state index is 12.8. The Hall–Kier alpha value is -6.82. The molecular formula is C66H59BFGeIrN3O3Si-2. The molecule has 3 aromatic heterocycles. The van der Waals surface area contributed by atoms with E-state index in [1.165, 1.54) is 49.7 Å². The summed E-state index contributed by atoms with van der Waals surface area (Å²) < 4.78 is 36.7. The van der Waals surface area contributed by atoms with Gasteiger partial charge in [-0.2, -0.15) is 0 Å². The van der Waals surface area contributed by atoms with Gasteiger partial charge in [0.25, 0.3) is 6.71 Å². The van der Waals surface area contributed by atoms with Gasteiger partial charge in [-0.15, -0.1) is 18.2 Å². The van der Waals surface area contributed by atoms with E-state index < -0.39 is 21.3 Å². The molecule has 0 N–H and O–H groups in total. The van der Waals surface area contributed by atoms with E-state index in [1.807, 2.05) is 42.6 Å². The van der Waals surface area contributed by atoms with Gasteiger partial charge in [-0.3, -0.25) is 4.98 Å². The monoisotopic (exact) mass is 1270 g/mol. The van der Waals surface area contributed by atoms with Gasteiger partial charge >= 0.3 is 104 Å². The number of furan rings is 1. The van der Waals surface area contributed by atoms with Crippen LogP contribution in [0.2, 0.25) is 36.9 Å². The number of imidazole rings is 1. The Morgan fingerprint density at radius 3 is 2.04 bits per heavy atom. The topological polar surface area (TPSA) is 62.3 Å². The Morgan fingerprint density at radius 1 is 0.662 bits per heavy atom. The second kappa shape index (κ2) is 20.2. The minimum absolute atomic E-state index is 0. The summed E-state index contributed by atoms with van der Waals surface area (Å²) in [6.07, 6.45) is 1.83. The molecule has 385 valence electrons. The molecule has 0 spiro atoms. The van der Waals surface area contributed by atoms with Crippen molar-refractivity contribution < 1.29 is 38.4 Å². The summed E-state index contributed by atoms with van der Waals surface area (Å²) in [7, 11) is -1.43. The zero-order chi connectivity index (χ0) is 52.8.